The number of aromatic amines is 1. The van der Waals surface area contributed by atoms with Crippen LogP contribution in [0.4, 0.5) is 20.2 Å². The third kappa shape index (κ3) is 5.66. The summed E-state index contributed by atoms with van der Waals surface area (Å²) < 4.78 is 35.6. The highest BCUT2D eigenvalue weighted by Crippen LogP contribution is 2.40. The minimum Gasteiger partial charge on any atom is -0.453 e. The van der Waals surface area contributed by atoms with Crippen molar-refractivity contribution in [3.8, 4) is 39.8 Å². The summed E-state index contributed by atoms with van der Waals surface area (Å²) in [7, 11) is 0. The van der Waals surface area contributed by atoms with Crippen molar-refractivity contribution >= 4 is 17.3 Å². The van der Waals surface area contributed by atoms with E-state index in [1.54, 1.807) is 12.3 Å². The fourth-order valence-corrected chi connectivity index (χ4v) is 5.30. The van der Waals surface area contributed by atoms with Gasteiger partial charge in [-0.15, -0.1) is 10.2 Å². The molecular formula is C33H26F2N8O3. The van der Waals surface area contributed by atoms with Crippen LogP contribution in [0.15, 0.2) is 96.1 Å². The average molecular weight is 621 g/mol. The lowest BCUT2D eigenvalue weighted by Crippen LogP contribution is -2.43. The van der Waals surface area contributed by atoms with E-state index < -0.39 is 23.1 Å². The van der Waals surface area contributed by atoms with E-state index in [0.717, 1.165) is 48.2 Å². The van der Waals surface area contributed by atoms with Gasteiger partial charge >= 0.3 is 0 Å². The van der Waals surface area contributed by atoms with Gasteiger partial charge in [0, 0.05) is 61.6 Å². The van der Waals surface area contributed by atoms with Crippen molar-refractivity contribution in [2.75, 3.05) is 36.4 Å². The highest BCUT2D eigenvalue weighted by atomic mass is 19.1. The summed E-state index contributed by atoms with van der Waals surface area (Å²) in [6.07, 6.45) is 2.90. The average Bonchev–Trinajstić information content (AvgIpc) is 3.52. The summed E-state index contributed by atoms with van der Waals surface area (Å²) in [5.41, 5.74) is 2.56. The number of aromatic nitrogens is 5. The molecule has 3 aromatic carbocycles. The first-order chi connectivity index (χ1) is 22.4. The molecule has 11 nitrogen and oxygen atoms in total. The molecule has 0 saturated carbocycles. The van der Waals surface area contributed by atoms with E-state index in [0.29, 0.717) is 22.8 Å². The minimum atomic E-state index is -0.766. The van der Waals surface area contributed by atoms with Crippen LogP contribution in [0, 0.1) is 11.6 Å². The largest absolute Gasteiger partial charge is 0.453 e. The summed E-state index contributed by atoms with van der Waals surface area (Å²) in [6, 6.07) is 20.0. The lowest BCUT2D eigenvalue weighted by atomic mass is 10.0. The molecular weight excluding hydrogens is 594 g/mol. The van der Waals surface area contributed by atoms with Crippen molar-refractivity contribution in [2.45, 2.75) is 0 Å². The van der Waals surface area contributed by atoms with E-state index in [2.05, 4.69) is 35.8 Å². The molecule has 0 aliphatic carbocycles. The SMILES string of the molecule is O=C(Nc1ccc(Oc2cc[nH]c3nnc(-c4ccc(N5CCNCC5)cc4)c2-3)c(F)c1)c1ccnn(-c2ccc(F)cc2)c1=O. The molecule has 3 N–H and O–H groups in total. The Balaban J connectivity index is 1.10. The van der Waals surface area contributed by atoms with E-state index >= 15 is 4.39 Å². The third-order valence-corrected chi connectivity index (χ3v) is 7.62. The Labute approximate surface area is 260 Å². The zero-order chi connectivity index (χ0) is 31.6. The molecule has 0 spiro atoms. The van der Waals surface area contributed by atoms with E-state index in [-0.39, 0.29) is 22.7 Å². The van der Waals surface area contributed by atoms with Crippen molar-refractivity contribution < 1.29 is 18.3 Å². The smallest absolute Gasteiger partial charge is 0.284 e. The molecule has 3 aliphatic heterocycles. The summed E-state index contributed by atoms with van der Waals surface area (Å²) in [6.45, 7) is 3.73. The number of anilines is 2. The van der Waals surface area contributed by atoms with Crippen molar-refractivity contribution in [1.82, 2.24) is 30.3 Å². The van der Waals surface area contributed by atoms with Gasteiger partial charge in [0.05, 0.1) is 11.3 Å². The van der Waals surface area contributed by atoms with E-state index in [9.17, 15) is 14.0 Å². The van der Waals surface area contributed by atoms with Crippen LogP contribution in [0.5, 0.6) is 11.5 Å². The van der Waals surface area contributed by atoms with Crippen LogP contribution >= 0.6 is 0 Å². The first-order valence-corrected chi connectivity index (χ1v) is 14.5. The van der Waals surface area contributed by atoms with Gasteiger partial charge in [0.15, 0.2) is 17.4 Å². The monoisotopic (exact) mass is 620 g/mol. The van der Waals surface area contributed by atoms with Gasteiger partial charge in [0.2, 0.25) is 0 Å². The Kier molecular flexibility index (Phi) is 7.64. The second-order valence-electron chi connectivity index (χ2n) is 10.5. The number of halogens is 2. The number of nitrogens with one attached hydrogen (secondary N) is 3. The summed E-state index contributed by atoms with van der Waals surface area (Å²) in [5, 5.41) is 18.5. The van der Waals surface area contributed by atoms with Crippen LogP contribution in [0.3, 0.4) is 0 Å². The lowest BCUT2D eigenvalue weighted by Gasteiger charge is -2.29. The number of nitrogens with zero attached hydrogens (tertiary/aromatic N) is 5. The number of rotatable bonds is 7. The predicted octanol–water partition coefficient (Wildman–Crippen LogP) is 4.85. The Bertz CT molecular complexity index is 2060. The lowest BCUT2D eigenvalue weighted by molar-refractivity contribution is 0.102. The number of carbonyl (C=O) groups excluding carboxylic acids is 1. The number of piperazine rings is 1. The molecule has 3 aliphatic rings. The van der Waals surface area contributed by atoms with Gasteiger partial charge in [-0.2, -0.15) is 9.78 Å². The number of benzene rings is 3. The second kappa shape index (κ2) is 12.2. The quantitative estimate of drug-likeness (QED) is 0.231. The van der Waals surface area contributed by atoms with Gasteiger partial charge < -0.3 is 25.3 Å². The Morgan fingerprint density at radius 1 is 0.870 bits per heavy atom. The predicted molar refractivity (Wildman–Crippen MR) is 168 cm³/mol. The number of ether oxygens (including phenoxy) is 1. The van der Waals surface area contributed by atoms with Crippen LogP contribution in [-0.4, -0.2) is 57.0 Å². The molecule has 1 amide bonds. The van der Waals surface area contributed by atoms with Gasteiger partial charge in [-0.1, -0.05) is 12.1 Å². The zero-order valence-corrected chi connectivity index (χ0v) is 24.2. The first-order valence-electron chi connectivity index (χ1n) is 14.5. The highest BCUT2D eigenvalue weighted by molar-refractivity contribution is 6.04. The number of fused-ring (bicyclic) bond motifs is 1. The fraction of sp³-hybridized carbons (Fsp3) is 0.121. The van der Waals surface area contributed by atoms with Crippen LogP contribution in [0.1, 0.15) is 10.4 Å². The second-order valence-corrected chi connectivity index (χ2v) is 10.5. The van der Waals surface area contributed by atoms with Gasteiger partial charge in [0.25, 0.3) is 11.5 Å². The maximum atomic E-state index is 15.3. The molecule has 1 fully saturated rings. The zero-order valence-electron chi connectivity index (χ0n) is 24.2. The van der Waals surface area contributed by atoms with E-state index in [1.807, 2.05) is 24.3 Å². The van der Waals surface area contributed by atoms with Crippen molar-refractivity contribution in [3.05, 3.63) is 119 Å². The van der Waals surface area contributed by atoms with Gasteiger partial charge in [0.1, 0.15) is 22.8 Å². The summed E-state index contributed by atoms with van der Waals surface area (Å²) in [4.78, 5) is 31.3. The number of pyridine rings is 1. The number of H-pyrrole nitrogens is 1. The first kappa shape index (κ1) is 28.8. The molecule has 230 valence electrons. The molecule has 1 aromatic heterocycles. The number of hydrogen-bond donors (Lipinski definition) is 3. The summed E-state index contributed by atoms with van der Waals surface area (Å²) >= 11 is 0. The summed E-state index contributed by atoms with van der Waals surface area (Å²) in [5.74, 6) is -1.26. The van der Waals surface area contributed by atoms with Crippen LogP contribution in [-0.2, 0) is 0 Å². The van der Waals surface area contributed by atoms with Crippen molar-refractivity contribution in [3.63, 3.8) is 0 Å². The molecule has 0 atom stereocenters. The van der Waals surface area contributed by atoms with E-state index in [1.165, 1.54) is 48.7 Å². The highest BCUT2D eigenvalue weighted by Gasteiger charge is 2.23. The third-order valence-electron chi connectivity index (χ3n) is 7.62. The molecule has 13 heteroatoms. The van der Waals surface area contributed by atoms with Crippen LogP contribution in [0.2, 0.25) is 0 Å². The Morgan fingerprint density at radius 2 is 1.63 bits per heavy atom. The topological polar surface area (TPSA) is 130 Å². The minimum absolute atomic E-state index is 0.0886. The van der Waals surface area contributed by atoms with Crippen molar-refractivity contribution in [2.24, 2.45) is 0 Å². The molecule has 0 radical (unpaired) electrons. The van der Waals surface area contributed by atoms with Crippen LogP contribution < -0.4 is 25.8 Å². The molecule has 4 heterocycles. The fourth-order valence-electron chi connectivity index (χ4n) is 5.30. The van der Waals surface area contributed by atoms with Gasteiger partial charge in [-0.25, -0.2) is 8.78 Å². The van der Waals surface area contributed by atoms with Gasteiger partial charge in [-0.3, -0.25) is 9.59 Å². The number of hydrogen-bond acceptors (Lipinski definition) is 8. The van der Waals surface area contributed by atoms with Crippen molar-refractivity contribution in [1.29, 1.82) is 0 Å². The standard InChI is InChI=1S/C33H26F2N8O3/c34-21-3-8-24(9-4-21)43-33(45)25(11-14-38-43)32(44)39-22-5-10-27(26(35)19-22)46-28-12-13-37-31-29(28)30(40-41-31)20-1-6-23(7-2-20)42-17-15-36-16-18-42/h1-14,19,36H,15-18H2,(H,39,44)(H,37,40,41). The molecule has 0 bridgehead atoms. The Morgan fingerprint density at radius 3 is 2.39 bits per heavy atom. The van der Waals surface area contributed by atoms with E-state index in [4.69, 9.17) is 4.74 Å². The molecule has 46 heavy (non-hydrogen) atoms. The molecule has 7 rings (SSSR count). The normalized spacial score (nSPS) is 13.1. The number of amides is 1. The molecule has 1 saturated heterocycles. The number of carbonyl (C=O) groups is 1. The maximum absolute atomic E-state index is 15.3. The molecule has 0 unspecified atom stereocenters. The Hall–Kier alpha value is -5.95. The van der Waals surface area contributed by atoms with Gasteiger partial charge in [-0.05, 0) is 60.7 Å². The maximum Gasteiger partial charge on any atom is 0.284 e. The molecule has 4 aromatic rings. The van der Waals surface area contributed by atoms with Crippen LogP contribution in [0.25, 0.3) is 28.3 Å².